The zero-order valence-electron chi connectivity index (χ0n) is 9.13. The summed E-state index contributed by atoms with van der Waals surface area (Å²) in [5.74, 6) is 0. The van der Waals surface area contributed by atoms with Crippen molar-refractivity contribution in [3.05, 3.63) is 0 Å². The van der Waals surface area contributed by atoms with Crippen LogP contribution in [-0.4, -0.2) is 55.4 Å². The van der Waals surface area contributed by atoms with Gasteiger partial charge in [0.25, 0.3) is 7.82 Å². The van der Waals surface area contributed by atoms with Crippen LogP contribution in [0, 0.1) is 0 Å². The van der Waals surface area contributed by atoms with Crippen LogP contribution in [0.5, 0.6) is 0 Å². The van der Waals surface area contributed by atoms with E-state index < -0.39 is 7.82 Å². The number of hydrogen-bond acceptors (Lipinski definition) is 4. The van der Waals surface area contributed by atoms with Crippen molar-refractivity contribution in [1.29, 1.82) is 0 Å². The summed E-state index contributed by atoms with van der Waals surface area (Å²) in [6, 6.07) is 0. The van der Waals surface area contributed by atoms with Gasteiger partial charge in [0, 0.05) is 6.61 Å². The fourth-order valence-corrected chi connectivity index (χ4v) is 0.742. The zero-order chi connectivity index (χ0) is 11.8. The second-order valence-electron chi connectivity index (χ2n) is 3.63. The van der Waals surface area contributed by atoms with Gasteiger partial charge in [-0.25, -0.2) is 0 Å². The lowest BCUT2D eigenvalue weighted by molar-refractivity contribution is -0.870. The predicted octanol–water partition coefficient (Wildman–Crippen LogP) is -0.831. The van der Waals surface area contributed by atoms with Crippen LogP contribution in [0.3, 0.4) is 0 Å². The highest BCUT2D eigenvalue weighted by atomic mass is 31.2. The summed E-state index contributed by atoms with van der Waals surface area (Å²) in [6.07, 6.45) is 0. The summed E-state index contributed by atoms with van der Waals surface area (Å²) in [7, 11) is 1.19. The first-order chi connectivity index (χ1) is 6.12. The maximum absolute atomic E-state index is 10.1. The summed E-state index contributed by atoms with van der Waals surface area (Å²) in [5, 5.41) is 7.57. The Balaban J connectivity index is 0. The lowest BCUT2D eigenvalue weighted by Gasteiger charge is -2.25. The SMILES string of the molecule is CCO.C[N+](C)(C)CCOP(=O)([O-])O. The molecule has 0 fully saturated rings. The number of hydrogen-bond donors (Lipinski definition) is 2. The van der Waals surface area contributed by atoms with Crippen LogP contribution in [0.4, 0.5) is 0 Å². The maximum atomic E-state index is 10.1. The smallest absolute Gasteiger partial charge is 0.265 e. The third-order valence-corrected chi connectivity index (χ3v) is 1.53. The van der Waals surface area contributed by atoms with Crippen LogP contribution in [-0.2, 0) is 9.09 Å². The Morgan fingerprint density at radius 1 is 1.43 bits per heavy atom. The number of phosphoric acid groups is 1. The Hall–Kier alpha value is 0.0300. The highest BCUT2D eigenvalue weighted by molar-refractivity contribution is 7.44. The van der Waals surface area contributed by atoms with Crippen molar-refractivity contribution in [3.8, 4) is 0 Å². The fourth-order valence-electron chi connectivity index (χ4n) is 0.430. The summed E-state index contributed by atoms with van der Waals surface area (Å²) in [4.78, 5) is 18.3. The van der Waals surface area contributed by atoms with Gasteiger partial charge in [0.15, 0.2) is 0 Å². The van der Waals surface area contributed by atoms with Gasteiger partial charge < -0.3 is 23.9 Å². The van der Waals surface area contributed by atoms with Gasteiger partial charge in [-0.2, -0.15) is 0 Å². The molecule has 1 atom stereocenters. The van der Waals surface area contributed by atoms with Crippen LogP contribution >= 0.6 is 7.82 Å². The molecule has 0 spiro atoms. The van der Waals surface area contributed by atoms with E-state index in [2.05, 4.69) is 4.52 Å². The molecule has 0 bridgehead atoms. The minimum Gasteiger partial charge on any atom is -0.756 e. The van der Waals surface area contributed by atoms with Crippen molar-refractivity contribution in [2.24, 2.45) is 0 Å². The van der Waals surface area contributed by atoms with E-state index in [-0.39, 0.29) is 13.2 Å². The fraction of sp³-hybridized carbons (Fsp3) is 1.00. The second kappa shape index (κ2) is 7.34. The minimum atomic E-state index is -4.51. The number of likely N-dealkylation sites (N-methyl/N-ethyl adjacent to an activating group) is 1. The zero-order valence-corrected chi connectivity index (χ0v) is 10.0. The van der Waals surface area contributed by atoms with Crippen molar-refractivity contribution in [1.82, 2.24) is 0 Å². The van der Waals surface area contributed by atoms with Crippen LogP contribution in [0.15, 0.2) is 0 Å². The molecule has 1 unspecified atom stereocenters. The molecule has 0 saturated carbocycles. The molecule has 2 N–H and O–H groups in total. The van der Waals surface area contributed by atoms with Crippen LogP contribution < -0.4 is 4.89 Å². The Bertz CT molecular complexity index is 173. The lowest BCUT2D eigenvalue weighted by atomic mass is 10.5. The van der Waals surface area contributed by atoms with Gasteiger partial charge in [-0.05, 0) is 6.92 Å². The molecule has 0 aromatic rings. The summed E-state index contributed by atoms with van der Waals surface area (Å²) < 4.78 is 14.8. The molecule has 0 heterocycles. The first-order valence-corrected chi connectivity index (χ1v) is 5.71. The van der Waals surface area contributed by atoms with Crippen molar-refractivity contribution in [2.75, 3.05) is 40.9 Å². The Kier molecular flexibility index (Phi) is 8.63. The third-order valence-electron chi connectivity index (χ3n) is 1.02. The number of quaternary nitrogens is 1. The Morgan fingerprint density at radius 2 is 1.79 bits per heavy atom. The van der Waals surface area contributed by atoms with Gasteiger partial charge in [-0.3, -0.25) is 4.57 Å². The first-order valence-electron chi connectivity index (χ1n) is 4.22. The predicted molar refractivity (Wildman–Crippen MR) is 51.4 cm³/mol. The van der Waals surface area contributed by atoms with E-state index in [0.29, 0.717) is 11.0 Å². The maximum Gasteiger partial charge on any atom is 0.265 e. The number of aliphatic hydroxyl groups is 1. The Morgan fingerprint density at radius 3 is 2.00 bits per heavy atom. The van der Waals surface area contributed by atoms with Crippen molar-refractivity contribution in [2.45, 2.75) is 6.92 Å². The van der Waals surface area contributed by atoms with Gasteiger partial charge >= 0.3 is 0 Å². The van der Waals surface area contributed by atoms with E-state index in [1.54, 1.807) is 6.92 Å². The molecular formula is C7H20NO5P. The standard InChI is InChI=1S/C5H14NO4P.C2H6O/c1-6(2,3)4-5-10-11(7,8)9;1-2-3/h4-5H2,1-3H3,(H-,7,8,9);3H,2H2,1H3. The molecule has 0 rings (SSSR count). The molecule has 0 aromatic heterocycles. The molecule has 7 heteroatoms. The van der Waals surface area contributed by atoms with E-state index >= 15 is 0 Å². The van der Waals surface area contributed by atoms with Gasteiger partial charge in [-0.15, -0.1) is 0 Å². The largest absolute Gasteiger partial charge is 0.756 e. The van der Waals surface area contributed by atoms with Gasteiger partial charge in [0.1, 0.15) is 13.2 Å². The van der Waals surface area contributed by atoms with E-state index in [0.717, 1.165) is 0 Å². The summed E-state index contributed by atoms with van der Waals surface area (Å²) in [5.41, 5.74) is 0. The molecule has 0 aromatic carbocycles. The van der Waals surface area contributed by atoms with Gasteiger partial charge in [0.05, 0.1) is 21.1 Å². The van der Waals surface area contributed by atoms with E-state index in [1.165, 1.54) is 0 Å². The molecule has 6 nitrogen and oxygen atoms in total. The second-order valence-corrected chi connectivity index (χ2v) is 4.83. The molecule has 0 saturated heterocycles. The molecule has 14 heavy (non-hydrogen) atoms. The average molecular weight is 229 g/mol. The highest BCUT2D eigenvalue weighted by Gasteiger charge is 2.08. The van der Waals surface area contributed by atoms with E-state index in [4.69, 9.17) is 10.00 Å². The summed E-state index contributed by atoms with van der Waals surface area (Å²) >= 11 is 0. The van der Waals surface area contributed by atoms with Crippen molar-refractivity contribution in [3.63, 3.8) is 0 Å². The quantitative estimate of drug-likeness (QED) is 0.485. The van der Waals surface area contributed by atoms with Crippen LogP contribution in [0.2, 0.25) is 0 Å². The minimum absolute atomic E-state index is 0.0147. The first kappa shape index (κ1) is 16.5. The van der Waals surface area contributed by atoms with E-state index in [9.17, 15) is 9.46 Å². The molecular weight excluding hydrogens is 209 g/mol. The molecule has 0 aliphatic carbocycles. The highest BCUT2D eigenvalue weighted by Crippen LogP contribution is 2.29. The average Bonchev–Trinajstić information content (AvgIpc) is 1.81. The van der Waals surface area contributed by atoms with Gasteiger partial charge in [-0.1, -0.05) is 0 Å². The lowest BCUT2D eigenvalue weighted by Crippen LogP contribution is -2.37. The van der Waals surface area contributed by atoms with Crippen LogP contribution in [0.25, 0.3) is 0 Å². The monoisotopic (exact) mass is 229 g/mol. The topological polar surface area (TPSA) is 89.8 Å². The number of nitrogens with zero attached hydrogens (tertiary/aromatic N) is 1. The number of aliphatic hydroxyl groups excluding tert-OH is 1. The van der Waals surface area contributed by atoms with Crippen molar-refractivity contribution < 1.29 is 28.5 Å². The van der Waals surface area contributed by atoms with Gasteiger partial charge in [0.2, 0.25) is 0 Å². The van der Waals surface area contributed by atoms with Crippen molar-refractivity contribution >= 4 is 7.82 Å². The number of rotatable bonds is 4. The van der Waals surface area contributed by atoms with Crippen LogP contribution in [0.1, 0.15) is 6.92 Å². The Labute approximate surface area is 85.0 Å². The third kappa shape index (κ3) is 22.7. The number of phosphoric ester groups is 1. The molecule has 88 valence electrons. The normalized spacial score (nSPS) is 15.4. The molecule has 0 radical (unpaired) electrons. The molecule has 0 aliphatic heterocycles. The molecule has 0 aliphatic rings. The summed E-state index contributed by atoms with van der Waals surface area (Å²) in [6.45, 7) is 2.48. The van der Waals surface area contributed by atoms with E-state index in [1.807, 2.05) is 21.1 Å². The molecule has 0 amide bonds.